The summed E-state index contributed by atoms with van der Waals surface area (Å²) < 4.78 is 24.2. The normalized spacial score (nSPS) is 27.2. The third-order valence-corrected chi connectivity index (χ3v) is 4.55. The molecule has 3 atom stereocenters. The second kappa shape index (κ2) is 7.04. The maximum atomic E-state index is 13.3. The number of benzene rings is 1. The molecule has 8 heteroatoms. The molecule has 2 aliphatic rings. The first kappa shape index (κ1) is 17.1. The highest BCUT2D eigenvalue weighted by atomic mass is 35.5. The Bertz CT molecular complexity index is 655. The third-order valence-electron chi connectivity index (χ3n) is 4.26. The van der Waals surface area contributed by atoms with Gasteiger partial charge in [0.05, 0.1) is 18.2 Å². The number of morpholine rings is 1. The van der Waals surface area contributed by atoms with Gasteiger partial charge >= 0.3 is 5.97 Å². The van der Waals surface area contributed by atoms with E-state index in [1.54, 1.807) is 11.0 Å². The molecule has 2 heterocycles. The van der Waals surface area contributed by atoms with Gasteiger partial charge in [0.2, 0.25) is 0 Å². The van der Waals surface area contributed by atoms with Gasteiger partial charge in [-0.2, -0.15) is 0 Å². The zero-order valence-electron chi connectivity index (χ0n) is 12.8. The van der Waals surface area contributed by atoms with E-state index in [2.05, 4.69) is 0 Å². The van der Waals surface area contributed by atoms with Crippen LogP contribution in [0.5, 0.6) is 0 Å². The molecule has 0 saturated carbocycles. The lowest BCUT2D eigenvalue weighted by molar-refractivity contribution is -0.158. The Morgan fingerprint density at radius 1 is 1.29 bits per heavy atom. The van der Waals surface area contributed by atoms with Crippen molar-refractivity contribution in [1.29, 1.82) is 0 Å². The number of carbonyl (C=O) groups excluding carboxylic acids is 1. The fourth-order valence-electron chi connectivity index (χ4n) is 2.97. The molecule has 1 aromatic rings. The fourth-order valence-corrected chi connectivity index (χ4v) is 3.16. The van der Waals surface area contributed by atoms with Crippen LogP contribution in [0, 0.1) is 5.82 Å². The molecule has 0 spiro atoms. The number of rotatable bonds is 3. The average Bonchev–Trinajstić information content (AvgIpc) is 3.07. The van der Waals surface area contributed by atoms with Crippen molar-refractivity contribution in [1.82, 2.24) is 4.90 Å². The summed E-state index contributed by atoms with van der Waals surface area (Å²) in [6.07, 6.45) is -1.35. The molecule has 1 amide bonds. The van der Waals surface area contributed by atoms with Crippen LogP contribution in [0.25, 0.3) is 0 Å². The zero-order valence-corrected chi connectivity index (χ0v) is 13.5. The van der Waals surface area contributed by atoms with Gasteiger partial charge in [0.15, 0.2) is 6.10 Å². The molecule has 0 aromatic heterocycles. The first-order valence-corrected chi connectivity index (χ1v) is 8.07. The lowest BCUT2D eigenvalue weighted by Crippen LogP contribution is -2.46. The van der Waals surface area contributed by atoms with Crippen LogP contribution >= 0.6 is 11.6 Å². The molecule has 6 nitrogen and oxygen atoms in total. The van der Waals surface area contributed by atoms with Crippen molar-refractivity contribution in [3.63, 3.8) is 0 Å². The second-order valence-electron chi connectivity index (χ2n) is 5.85. The van der Waals surface area contributed by atoms with E-state index in [9.17, 15) is 14.0 Å². The minimum atomic E-state index is -1.05. The monoisotopic (exact) mass is 357 g/mol. The van der Waals surface area contributed by atoms with Crippen molar-refractivity contribution in [3.8, 4) is 0 Å². The predicted molar refractivity (Wildman–Crippen MR) is 82.2 cm³/mol. The zero-order chi connectivity index (χ0) is 17.3. The number of carbonyl (C=O) groups is 2. The van der Waals surface area contributed by atoms with Gasteiger partial charge < -0.3 is 19.5 Å². The van der Waals surface area contributed by atoms with E-state index in [4.69, 9.17) is 26.2 Å². The fraction of sp³-hybridized carbons (Fsp3) is 0.500. The van der Waals surface area contributed by atoms with E-state index < -0.39 is 30.1 Å². The van der Waals surface area contributed by atoms with Gasteiger partial charge in [-0.3, -0.25) is 4.79 Å². The molecule has 1 unspecified atom stereocenters. The summed E-state index contributed by atoms with van der Waals surface area (Å²) in [5.74, 6) is -1.80. The quantitative estimate of drug-likeness (QED) is 0.895. The Kier molecular flexibility index (Phi) is 5.03. The molecule has 1 aromatic carbocycles. The maximum Gasteiger partial charge on any atom is 0.332 e. The number of nitrogens with zero attached hydrogens (tertiary/aromatic N) is 1. The topological polar surface area (TPSA) is 76.1 Å². The standard InChI is InChI=1S/C16H17ClFNO5/c17-10-7-9(1-2-11(10)18)14-8-19(5-6-23-14)15(20)12-3-4-13(24-12)16(21)22/h1-2,7,12-14H,3-6,8H2,(H,21,22)/t12-,13+,14?/m0/s1. The van der Waals surface area contributed by atoms with Crippen LogP contribution in [0.1, 0.15) is 24.5 Å². The SMILES string of the molecule is O=C(O)[C@H]1CC[C@@H](C(=O)N2CCOC(c3ccc(F)c(Cl)c3)C2)O1. The number of halogens is 2. The summed E-state index contributed by atoms with van der Waals surface area (Å²) in [5, 5.41) is 8.95. The minimum absolute atomic E-state index is 0.00276. The maximum absolute atomic E-state index is 13.3. The Labute approximate surface area is 143 Å². The number of ether oxygens (including phenoxy) is 2. The van der Waals surface area contributed by atoms with E-state index in [0.717, 1.165) is 0 Å². The molecule has 2 fully saturated rings. The summed E-state index contributed by atoms with van der Waals surface area (Å²) in [7, 11) is 0. The number of carboxylic acid groups (broad SMARTS) is 1. The molecule has 0 bridgehead atoms. The van der Waals surface area contributed by atoms with Crippen molar-refractivity contribution in [3.05, 3.63) is 34.6 Å². The first-order valence-electron chi connectivity index (χ1n) is 7.69. The van der Waals surface area contributed by atoms with Crippen molar-refractivity contribution in [2.75, 3.05) is 19.7 Å². The van der Waals surface area contributed by atoms with Crippen LogP contribution in [0.4, 0.5) is 4.39 Å². The van der Waals surface area contributed by atoms with E-state index in [1.807, 2.05) is 0 Å². The molecule has 2 saturated heterocycles. The number of aliphatic carboxylic acids is 1. The van der Waals surface area contributed by atoms with Crippen LogP contribution in [0.15, 0.2) is 18.2 Å². The van der Waals surface area contributed by atoms with E-state index >= 15 is 0 Å². The Balaban J connectivity index is 1.66. The van der Waals surface area contributed by atoms with Crippen LogP contribution in [-0.4, -0.2) is 53.8 Å². The molecular weight excluding hydrogens is 341 g/mol. The highest BCUT2D eigenvalue weighted by Gasteiger charge is 2.38. The predicted octanol–water partition coefficient (Wildman–Crippen LogP) is 2.01. The van der Waals surface area contributed by atoms with Crippen LogP contribution in [0.3, 0.4) is 0 Å². The summed E-state index contributed by atoms with van der Waals surface area (Å²) in [6.45, 7) is 1.03. The second-order valence-corrected chi connectivity index (χ2v) is 6.25. The number of carboxylic acids is 1. The Morgan fingerprint density at radius 3 is 2.71 bits per heavy atom. The molecule has 130 valence electrons. The molecule has 0 radical (unpaired) electrons. The third kappa shape index (κ3) is 3.53. The van der Waals surface area contributed by atoms with Gasteiger partial charge in [-0.15, -0.1) is 0 Å². The highest BCUT2D eigenvalue weighted by Crippen LogP contribution is 2.28. The summed E-state index contributed by atoms with van der Waals surface area (Å²) in [4.78, 5) is 25.1. The van der Waals surface area contributed by atoms with Gasteiger partial charge in [0.25, 0.3) is 5.91 Å². The van der Waals surface area contributed by atoms with Crippen molar-refractivity contribution >= 4 is 23.5 Å². The number of hydrogen-bond acceptors (Lipinski definition) is 4. The van der Waals surface area contributed by atoms with Crippen LogP contribution < -0.4 is 0 Å². The molecule has 24 heavy (non-hydrogen) atoms. The highest BCUT2D eigenvalue weighted by molar-refractivity contribution is 6.30. The molecular formula is C16H17ClFNO5. The summed E-state index contributed by atoms with van der Waals surface area (Å²) in [5.41, 5.74) is 0.689. The lowest BCUT2D eigenvalue weighted by Gasteiger charge is -2.34. The lowest BCUT2D eigenvalue weighted by atomic mass is 10.1. The van der Waals surface area contributed by atoms with Gasteiger partial charge in [-0.25, -0.2) is 9.18 Å². The van der Waals surface area contributed by atoms with Crippen molar-refractivity contribution < 1.29 is 28.6 Å². The largest absolute Gasteiger partial charge is 0.479 e. The molecule has 2 aliphatic heterocycles. The van der Waals surface area contributed by atoms with Crippen molar-refractivity contribution in [2.24, 2.45) is 0 Å². The van der Waals surface area contributed by atoms with Crippen molar-refractivity contribution in [2.45, 2.75) is 31.2 Å². The molecule has 1 N–H and O–H groups in total. The average molecular weight is 358 g/mol. The molecule has 0 aliphatic carbocycles. The van der Waals surface area contributed by atoms with Gasteiger partial charge in [0.1, 0.15) is 18.0 Å². The van der Waals surface area contributed by atoms with Gasteiger partial charge in [-0.1, -0.05) is 17.7 Å². The smallest absolute Gasteiger partial charge is 0.332 e. The van der Waals surface area contributed by atoms with Crippen LogP contribution in [0.2, 0.25) is 5.02 Å². The van der Waals surface area contributed by atoms with Crippen LogP contribution in [-0.2, 0) is 19.1 Å². The van der Waals surface area contributed by atoms with E-state index in [1.165, 1.54) is 12.1 Å². The van der Waals surface area contributed by atoms with E-state index in [0.29, 0.717) is 38.1 Å². The first-order chi connectivity index (χ1) is 11.5. The summed E-state index contributed by atoms with van der Waals surface area (Å²) >= 11 is 5.79. The van der Waals surface area contributed by atoms with Gasteiger partial charge in [-0.05, 0) is 30.5 Å². The Morgan fingerprint density at radius 2 is 2.04 bits per heavy atom. The molecule has 3 rings (SSSR count). The Hall–Kier alpha value is -1.70. The van der Waals surface area contributed by atoms with E-state index in [-0.39, 0.29) is 10.9 Å². The minimum Gasteiger partial charge on any atom is -0.479 e. The number of hydrogen-bond donors (Lipinski definition) is 1. The van der Waals surface area contributed by atoms with Gasteiger partial charge in [0, 0.05) is 6.54 Å². The summed E-state index contributed by atoms with van der Waals surface area (Å²) in [6, 6.07) is 4.33. The number of amides is 1.